The summed E-state index contributed by atoms with van der Waals surface area (Å²) in [6.07, 6.45) is 0.211. The Bertz CT molecular complexity index is 985. The summed E-state index contributed by atoms with van der Waals surface area (Å²) in [5, 5.41) is 3.08. The minimum absolute atomic E-state index is 0.0492. The van der Waals surface area contributed by atoms with Crippen molar-refractivity contribution < 1.29 is 14.3 Å². The Labute approximate surface area is 189 Å². The first kappa shape index (κ1) is 22.1. The lowest BCUT2D eigenvalue weighted by molar-refractivity contribution is -0.126. The molecule has 2 amide bonds. The number of anilines is 2. The number of methoxy groups -OCH3 is 1. The first-order valence-electron chi connectivity index (χ1n) is 11.2. The molecular formula is C25H32N4O3. The first-order valence-corrected chi connectivity index (χ1v) is 11.2. The van der Waals surface area contributed by atoms with Crippen molar-refractivity contribution in [2.75, 3.05) is 56.7 Å². The summed E-state index contributed by atoms with van der Waals surface area (Å²) in [7, 11) is 3.73. The molecule has 0 spiro atoms. The molecule has 2 aliphatic heterocycles. The average molecular weight is 437 g/mol. The van der Waals surface area contributed by atoms with Crippen LogP contribution in [0.5, 0.6) is 5.75 Å². The number of carbonyl (C=O) groups excluding carboxylic acids is 2. The summed E-state index contributed by atoms with van der Waals surface area (Å²) >= 11 is 0. The van der Waals surface area contributed by atoms with Gasteiger partial charge in [0, 0.05) is 51.4 Å². The van der Waals surface area contributed by atoms with Gasteiger partial charge in [0.25, 0.3) is 0 Å². The quantitative estimate of drug-likeness (QED) is 0.754. The number of nitrogens with one attached hydrogen (secondary N) is 1. The van der Waals surface area contributed by atoms with Gasteiger partial charge in [0.2, 0.25) is 11.8 Å². The molecule has 0 aliphatic carbocycles. The van der Waals surface area contributed by atoms with Gasteiger partial charge in [-0.1, -0.05) is 24.3 Å². The Hall–Kier alpha value is -3.06. The average Bonchev–Trinajstić information content (AvgIpc) is 3.20. The predicted octanol–water partition coefficient (Wildman–Crippen LogP) is 2.42. The Morgan fingerprint density at radius 1 is 1.09 bits per heavy atom. The fraction of sp³-hybridized carbons (Fsp3) is 0.440. The number of hydrogen-bond donors (Lipinski definition) is 1. The number of ether oxygens (including phenoxy) is 1. The molecule has 1 atom stereocenters. The van der Waals surface area contributed by atoms with Crippen LogP contribution in [0.3, 0.4) is 0 Å². The molecule has 7 nitrogen and oxygen atoms in total. The highest BCUT2D eigenvalue weighted by atomic mass is 16.5. The van der Waals surface area contributed by atoms with Crippen LogP contribution in [0.4, 0.5) is 11.4 Å². The van der Waals surface area contributed by atoms with Gasteiger partial charge >= 0.3 is 0 Å². The standard InChI is InChI=1S/C25H32N4O3/c1-18-8-9-23(32-3)22(14-18)29-17-20(15-24(29)30)25(31)26-16-19-6-4-5-7-21(19)28-12-10-27(2)11-13-28/h4-9,14,20H,10-13,15-17H2,1-3H3,(H,26,31). The van der Waals surface area contributed by atoms with Crippen LogP contribution >= 0.6 is 0 Å². The number of piperazine rings is 1. The number of likely N-dealkylation sites (N-methyl/N-ethyl adjacent to an activating group) is 1. The molecule has 7 heteroatoms. The number of rotatable bonds is 6. The number of para-hydroxylation sites is 1. The van der Waals surface area contributed by atoms with Crippen LogP contribution in [0.2, 0.25) is 0 Å². The minimum atomic E-state index is -0.372. The van der Waals surface area contributed by atoms with Gasteiger partial charge in [0.05, 0.1) is 18.7 Å². The first-order chi connectivity index (χ1) is 15.5. The van der Waals surface area contributed by atoms with Crippen LogP contribution in [-0.4, -0.2) is 63.6 Å². The van der Waals surface area contributed by atoms with E-state index in [1.54, 1.807) is 12.0 Å². The van der Waals surface area contributed by atoms with E-state index >= 15 is 0 Å². The van der Waals surface area contributed by atoms with E-state index in [-0.39, 0.29) is 24.2 Å². The number of benzene rings is 2. The lowest BCUT2D eigenvalue weighted by Crippen LogP contribution is -2.45. The van der Waals surface area contributed by atoms with Crippen molar-refractivity contribution in [3.8, 4) is 5.75 Å². The van der Waals surface area contributed by atoms with E-state index < -0.39 is 0 Å². The molecule has 170 valence electrons. The lowest BCUT2D eigenvalue weighted by Gasteiger charge is -2.35. The zero-order valence-corrected chi connectivity index (χ0v) is 19.1. The van der Waals surface area contributed by atoms with Gasteiger partial charge in [0.1, 0.15) is 5.75 Å². The van der Waals surface area contributed by atoms with Crippen LogP contribution < -0.4 is 19.9 Å². The number of nitrogens with zero attached hydrogens (tertiary/aromatic N) is 3. The van der Waals surface area contributed by atoms with Gasteiger partial charge in [-0.25, -0.2) is 0 Å². The smallest absolute Gasteiger partial charge is 0.227 e. The summed E-state index contributed by atoms with van der Waals surface area (Å²) < 4.78 is 5.44. The Kier molecular flexibility index (Phi) is 6.65. The zero-order valence-electron chi connectivity index (χ0n) is 19.1. The maximum absolute atomic E-state index is 13.0. The van der Waals surface area contributed by atoms with Crippen molar-refractivity contribution in [2.45, 2.75) is 19.9 Å². The molecule has 4 rings (SSSR count). The summed E-state index contributed by atoms with van der Waals surface area (Å²) in [6.45, 7) is 6.82. The number of aryl methyl sites for hydroxylation is 1. The summed E-state index contributed by atoms with van der Waals surface area (Å²) in [4.78, 5) is 32.0. The molecule has 2 aromatic rings. The van der Waals surface area contributed by atoms with E-state index in [1.807, 2.05) is 37.3 Å². The summed E-state index contributed by atoms with van der Waals surface area (Å²) in [6, 6.07) is 14.0. The van der Waals surface area contributed by atoms with E-state index in [2.05, 4.69) is 34.3 Å². The SMILES string of the molecule is COc1ccc(C)cc1N1CC(C(=O)NCc2ccccc2N2CCN(C)CC2)CC1=O. The maximum atomic E-state index is 13.0. The Balaban J connectivity index is 1.41. The second-order valence-corrected chi connectivity index (χ2v) is 8.72. The van der Waals surface area contributed by atoms with Crippen molar-refractivity contribution in [3.63, 3.8) is 0 Å². The van der Waals surface area contributed by atoms with Crippen molar-refractivity contribution >= 4 is 23.2 Å². The summed E-state index contributed by atoms with van der Waals surface area (Å²) in [5.74, 6) is 0.141. The highest BCUT2D eigenvalue weighted by molar-refractivity contribution is 6.01. The third kappa shape index (κ3) is 4.72. The van der Waals surface area contributed by atoms with E-state index in [0.717, 1.165) is 43.0 Å². The molecule has 2 fully saturated rings. The van der Waals surface area contributed by atoms with Crippen LogP contribution in [0.15, 0.2) is 42.5 Å². The molecular weight excluding hydrogens is 404 g/mol. The molecule has 0 aromatic heterocycles. The van der Waals surface area contributed by atoms with Crippen LogP contribution in [-0.2, 0) is 16.1 Å². The topological polar surface area (TPSA) is 65.1 Å². The largest absolute Gasteiger partial charge is 0.495 e. The molecule has 0 saturated carbocycles. The number of amides is 2. The second-order valence-electron chi connectivity index (χ2n) is 8.72. The molecule has 0 radical (unpaired) electrons. The van der Waals surface area contributed by atoms with Crippen molar-refractivity contribution in [3.05, 3.63) is 53.6 Å². The fourth-order valence-electron chi connectivity index (χ4n) is 4.47. The van der Waals surface area contributed by atoms with E-state index in [4.69, 9.17) is 4.74 Å². The lowest BCUT2D eigenvalue weighted by atomic mass is 10.1. The molecule has 2 heterocycles. The predicted molar refractivity (Wildman–Crippen MR) is 126 cm³/mol. The van der Waals surface area contributed by atoms with E-state index in [0.29, 0.717) is 18.8 Å². The van der Waals surface area contributed by atoms with Crippen molar-refractivity contribution in [1.82, 2.24) is 10.2 Å². The third-order valence-corrected chi connectivity index (χ3v) is 6.41. The normalized spacial score (nSPS) is 19.3. The molecule has 1 N–H and O–H groups in total. The number of carbonyl (C=O) groups is 2. The van der Waals surface area contributed by atoms with Crippen molar-refractivity contribution in [1.29, 1.82) is 0 Å². The van der Waals surface area contributed by atoms with Crippen molar-refractivity contribution in [2.24, 2.45) is 5.92 Å². The van der Waals surface area contributed by atoms with Gasteiger partial charge in [-0.3, -0.25) is 9.59 Å². The molecule has 32 heavy (non-hydrogen) atoms. The number of hydrogen-bond acceptors (Lipinski definition) is 5. The Morgan fingerprint density at radius 3 is 2.59 bits per heavy atom. The molecule has 1 unspecified atom stereocenters. The third-order valence-electron chi connectivity index (χ3n) is 6.41. The van der Waals surface area contributed by atoms with Gasteiger partial charge in [-0.05, 0) is 43.3 Å². The second kappa shape index (κ2) is 9.61. The summed E-state index contributed by atoms with van der Waals surface area (Å²) in [5.41, 5.74) is 4.05. The zero-order chi connectivity index (χ0) is 22.7. The van der Waals surface area contributed by atoms with Gasteiger partial charge < -0.3 is 24.8 Å². The monoisotopic (exact) mass is 436 g/mol. The highest BCUT2D eigenvalue weighted by Crippen LogP contribution is 2.34. The Morgan fingerprint density at radius 2 is 1.84 bits per heavy atom. The molecule has 2 aromatic carbocycles. The maximum Gasteiger partial charge on any atom is 0.227 e. The highest BCUT2D eigenvalue weighted by Gasteiger charge is 2.36. The van der Waals surface area contributed by atoms with Gasteiger partial charge in [0.15, 0.2) is 0 Å². The van der Waals surface area contributed by atoms with Gasteiger partial charge in [-0.15, -0.1) is 0 Å². The fourth-order valence-corrected chi connectivity index (χ4v) is 4.47. The van der Waals surface area contributed by atoms with Gasteiger partial charge in [-0.2, -0.15) is 0 Å². The molecule has 2 aliphatic rings. The van der Waals surface area contributed by atoms with E-state index in [9.17, 15) is 9.59 Å². The van der Waals surface area contributed by atoms with Crippen LogP contribution in [0, 0.1) is 12.8 Å². The van der Waals surface area contributed by atoms with Crippen LogP contribution in [0.1, 0.15) is 17.5 Å². The molecule has 0 bridgehead atoms. The molecule has 2 saturated heterocycles. The van der Waals surface area contributed by atoms with E-state index in [1.165, 1.54) is 5.69 Å². The minimum Gasteiger partial charge on any atom is -0.495 e. The van der Waals surface area contributed by atoms with Crippen LogP contribution in [0.25, 0.3) is 0 Å².